The van der Waals surface area contributed by atoms with Gasteiger partial charge in [0.15, 0.2) is 0 Å². The molecule has 0 atom stereocenters. The van der Waals surface area contributed by atoms with Crippen LogP contribution in [-0.4, -0.2) is 13.1 Å². The molecule has 1 rings (SSSR count). The van der Waals surface area contributed by atoms with Crippen molar-refractivity contribution in [3.05, 3.63) is 34.9 Å². The molecule has 0 amide bonds. The van der Waals surface area contributed by atoms with E-state index in [2.05, 4.69) is 31.6 Å². The maximum atomic E-state index is 11.1. The van der Waals surface area contributed by atoms with E-state index < -0.39 is 0 Å². The zero-order valence-electron chi connectivity index (χ0n) is 12.2. The fourth-order valence-electron chi connectivity index (χ4n) is 2.52. The molecule has 0 aromatic rings. The Balaban J connectivity index is 2.89. The molecule has 0 aromatic heterocycles. The van der Waals surface area contributed by atoms with Crippen LogP contribution in [0.25, 0.3) is 0 Å². The minimum atomic E-state index is -0.300. The normalized spacial score (nSPS) is 20.4. The Hall–Kier alpha value is -1.31. The maximum absolute atomic E-state index is 11.1. The van der Waals surface area contributed by atoms with E-state index in [1.807, 2.05) is 13.0 Å². The average Bonchev–Trinajstić information content (AvgIpc) is 2.27. The summed E-state index contributed by atoms with van der Waals surface area (Å²) in [6.07, 6.45) is 9.36. The van der Waals surface area contributed by atoms with Crippen molar-refractivity contribution < 1.29 is 9.53 Å². The van der Waals surface area contributed by atoms with Crippen molar-refractivity contribution in [2.45, 2.75) is 47.0 Å². The van der Waals surface area contributed by atoms with Crippen LogP contribution in [0.3, 0.4) is 0 Å². The standard InChI is InChI=1S/C16H24O2/c1-12(11-15(17)18-5)8-9-14-13(2)7-6-10-16(14,3)4/h8-9,11H,6-7,10H2,1-5H3. The van der Waals surface area contributed by atoms with Gasteiger partial charge in [0, 0.05) is 6.08 Å². The molecule has 0 radical (unpaired) electrons. The van der Waals surface area contributed by atoms with Crippen LogP contribution in [0.1, 0.15) is 47.0 Å². The molecule has 0 saturated carbocycles. The van der Waals surface area contributed by atoms with Gasteiger partial charge in [-0.1, -0.05) is 31.6 Å². The molecule has 2 nitrogen and oxygen atoms in total. The molecule has 1 aliphatic rings. The second-order valence-corrected chi connectivity index (χ2v) is 5.68. The van der Waals surface area contributed by atoms with Gasteiger partial charge in [0.1, 0.15) is 0 Å². The van der Waals surface area contributed by atoms with Crippen molar-refractivity contribution in [3.8, 4) is 0 Å². The van der Waals surface area contributed by atoms with Gasteiger partial charge in [-0.25, -0.2) is 4.79 Å². The molecular formula is C16H24O2. The Morgan fingerprint density at radius 1 is 1.39 bits per heavy atom. The van der Waals surface area contributed by atoms with Crippen LogP contribution in [0.15, 0.2) is 34.9 Å². The number of hydrogen-bond acceptors (Lipinski definition) is 2. The Morgan fingerprint density at radius 2 is 2.06 bits per heavy atom. The largest absolute Gasteiger partial charge is 0.466 e. The van der Waals surface area contributed by atoms with Crippen molar-refractivity contribution in [1.29, 1.82) is 0 Å². The van der Waals surface area contributed by atoms with E-state index in [-0.39, 0.29) is 11.4 Å². The van der Waals surface area contributed by atoms with E-state index in [1.54, 1.807) is 0 Å². The molecule has 0 unspecified atom stereocenters. The first-order chi connectivity index (χ1) is 8.36. The van der Waals surface area contributed by atoms with Gasteiger partial charge in [-0.2, -0.15) is 0 Å². The molecule has 0 N–H and O–H groups in total. The molecule has 1 aliphatic carbocycles. The lowest BCUT2D eigenvalue weighted by atomic mass is 9.72. The number of carbonyl (C=O) groups is 1. The third kappa shape index (κ3) is 3.86. The molecule has 0 heterocycles. The van der Waals surface area contributed by atoms with Crippen molar-refractivity contribution in [2.75, 3.05) is 7.11 Å². The summed E-state index contributed by atoms with van der Waals surface area (Å²) < 4.78 is 4.61. The molecule has 0 aliphatic heterocycles. The van der Waals surface area contributed by atoms with Crippen LogP contribution in [0.2, 0.25) is 0 Å². The van der Waals surface area contributed by atoms with Crippen LogP contribution in [0.4, 0.5) is 0 Å². The SMILES string of the molecule is COC(=O)C=C(C)C=CC1=C(C)CCCC1(C)C. The zero-order chi connectivity index (χ0) is 13.8. The number of carbonyl (C=O) groups excluding carboxylic acids is 1. The molecule has 0 spiro atoms. The van der Waals surface area contributed by atoms with E-state index >= 15 is 0 Å². The highest BCUT2D eigenvalue weighted by Gasteiger charge is 2.26. The fraction of sp³-hybridized carbons (Fsp3) is 0.562. The summed E-state index contributed by atoms with van der Waals surface area (Å²) >= 11 is 0. The fourth-order valence-corrected chi connectivity index (χ4v) is 2.52. The number of hydrogen-bond donors (Lipinski definition) is 0. The minimum Gasteiger partial charge on any atom is -0.466 e. The predicted molar refractivity (Wildman–Crippen MR) is 75.2 cm³/mol. The third-order valence-electron chi connectivity index (χ3n) is 3.60. The average molecular weight is 248 g/mol. The summed E-state index contributed by atoms with van der Waals surface area (Å²) in [7, 11) is 1.40. The van der Waals surface area contributed by atoms with Gasteiger partial charge in [-0.05, 0) is 49.7 Å². The first-order valence-electron chi connectivity index (χ1n) is 6.51. The monoisotopic (exact) mass is 248 g/mol. The number of ether oxygens (including phenoxy) is 1. The van der Waals surface area contributed by atoms with Crippen LogP contribution in [0.5, 0.6) is 0 Å². The first kappa shape index (κ1) is 14.7. The quantitative estimate of drug-likeness (QED) is 0.425. The lowest BCUT2D eigenvalue weighted by molar-refractivity contribution is -0.134. The Labute approximate surface area is 110 Å². The summed E-state index contributed by atoms with van der Waals surface area (Å²) in [5, 5.41) is 0. The number of methoxy groups -OCH3 is 1. The summed E-state index contributed by atoms with van der Waals surface area (Å²) in [6, 6.07) is 0. The lowest BCUT2D eigenvalue weighted by Crippen LogP contribution is -2.19. The number of allylic oxidation sites excluding steroid dienone is 5. The Morgan fingerprint density at radius 3 is 2.61 bits per heavy atom. The maximum Gasteiger partial charge on any atom is 0.330 e. The third-order valence-corrected chi connectivity index (χ3v) is 3.60. The van der Waals surface area contributed by atoms with E-state index in [1.165, 1.54) is 43.6 Å². The summed E-state index contributed by atoms with van der Waals surface area (Å²) in [5.74, 6) is -0.300. The van der Waals surface area contributed by atoms with Gasteiger partial charge in [0.05, 0.1) is 7.11 Å². The molecule has 0 fully saturated rings. The summed E-state index contributed by atoms with van der Waals surface area (Å²) in [5.41, 5.74) is 4.04. The molecule has 100 valence electrons. The molecule has 0 aromatic carbocycles. The van der Waals surface area contributed by atoms with Gasteiger partial charge in [-0.3, -0.25) is 0 Å². The van der Waals surface area contributed by atoms with Crippen molar-refractivity contribution in [2.24, 2.45) is 5.41 Å². The van der Waals surface area contributed by atoms with Crippen molar-refractivity contribution in [1.82, 2.24) is 0 Å². The highest BCUT2D eigenvalue weighted by atomic mass is 16.5. The zero-order valence-corrected chi connectivity index (χ0v) is 12.2. The Kier molecular flexibility index (Phi) is 4.94. The van der Waals surface area contributed by atoms with Gasteiger partial charge in [0.25, 0.3) is 0 Å². The van der Waals surface area contributed by atoms with Crippen molar-refractivity contribution in [3.63, 3.8) is 0 Å². The molecule has 0 saturated heterocycles. The highest BCUT2D eigenvalue weighted by Crippen LogP contribution is 2.40. The lowest BCUT2D eigenvalue weighted by Gasteiger charge is -2.32. The first-order valence-corrected chi connectivity index (χ1v) is 6.51. The highest BCUT2D eigenvalue weighted by molar-refractivity contribution is 5.83. The van der Waals surface area contributed by atoms with E-state index in [4.69, 9.17) is 0 Å². The van der Waals surface area contributed by atoms with Crippen LogP contribution < -0.4 is 0 Å². The number of esters is 1. The van der Waals surface area contributed by atoms with Crippen molar-refractivity contribution >= 4 is 5.97 Å². The van der Waals surface area contributed by atoms with Gasteiger partial charge >= 0.3 is 5.97 Å². The topological polar surface area (TPSA) is 26.3 Å². The summed E-state index contributed by atoms with van der Waals surface area (Å²) in [4.78, 5) is 11.1. The minimum absolute atomic E-state index is 0.240. The van der Waals surface area contributed by atoms with E-state index in [0.29, 0.717) is 0 Å². The molecular weight excluding hydrogens is 224 g/mol. The molecule has 18 heavy (non-hydrogen) atoms. The van der Waals surface area contributed by atoms with Gasteiger partial charge in [-0.15, -0.1) is 0 Å². The van der Waals surface area contributed by atoms with Gasteiger partial charge in [0.2, 0.25) is 0 Å². The predicted octanol–water partition coefficient (Wildman–Crippen LogP) is 4.19. The second-order valence-electron chi connectivity index (χ2n) is 5.68. The van der Waals surface area contributed by atoms with Crippen LogP contribution in [0, 0.1) is 5.41 Å². The molecule has 2 heteroatoms. The Bertz CT molecular complexity index is 409. The van der Waals surface area contributed by atoms with Crippen LogP contribution in [-0.2, 0) is 9.53 Å². The smallest absolute Gasteiger partial charge is 0.330 e. The van der Waals surface area contributed by atoms with E-state index in [9.17, 15) is 4.79 Å². The molecule has 0 bridgehead atoms. The summed E-state index contributed by atoms with van der Waals surface area (Å²) in [6.45, 7) is 8.70. The van der Waals surface area contributed by atoms with Gasteiger partial charge < -0.3 is 4.74 Å². The number of rotatable bonds is 3. The second kappa shape index (κ2) is 6.03. The van der Waals surface area contributed by atoms with Crippen LogP contribution >= 0.6 is 0 Å². The van der Waals surface area contributed by atoms with E-state index in [0.717, 1.165) is 5.57 Å².